The van der Waals surface area contributed by atoms with Crippen LogP contribution in [0.25, 0.3) is 0 Å². The molecule has 2 aliphatic heterocycles. The molecule has 1 fully saturated rings. The van der Waals surface area contributed by atoms with Crippen molar-refractivity contribution in [3.8, 4) is 6.07 Å². The number of carbonyl (C=O) groups is 2. The van der Waals surface area contributed by atoms with E-state index < -0.39 is 0 Å². The Bertz CT molecular complexity index is 1480. The van der Waals surface area contributed by atoms with Crippen LogP contribution in [0.15, 0.2) is 92.6 Å². The standard InChI is InChI=1S/C27H21N5O2S2/c1-17(33)29-21-14-20(13-12-19(21)15-28)30-27-32(16-18-8-4-3-5-9-18)25(34)24(36-27)26-31(2)22-10-6-7-11-23(22)35-26/h3-14H,16H2,1-2H3,(H,29,33)/b26-24-,30-27?. The average Bonchev–Trinajstić information content (AvgIpc) is 3.36. The highest BCUT2D eigenvalue weighted by Gasteiger charge is 2.39. The summed E-state index contributed by atoms with van der Waals surface area (Å²) in [5, 5.41) is 13.5. The number of nitriles is 1. The van der Waals surface area contributed by atoms with Crippen LogP contribution in [0.3, 0.4) is 0 Å². The minimum absolute atomic E-state index is 0.111. The Morgan fingerprint density at radius 3 is 2.53 bits per heavy atom. The van der Waals surface area contributed by atoms with Crippen LogP contribution in [0, 0.1) is 11.3 Å². The van der Waals surface area contributed by atoms with Gasteiger partial charge in [-0.3, -0.25) is 14.5 Å². The monoisotopic (exact) mass is 511 g/mol. The third-order valence-corrected chi connectivity index (χ3v) is 8.07. The molecule has 0 radical (unpaired) electrons. The van der Waals surface area contributed by atoms with E-state index in [1.165, 1.54) is 18.7 Å². The Labute approximate surface area is 217 Å². The quantitative estimate of drug-likeness (QED) is 0.453. The lowest BCUT2D eigenvalue weighted by Gasteiger charge is -2.17. The molecule has 1 saturated heterocycles. The summed E-state index contributed by atoms with van der Waals surface area (Å²) >= 11 is 2.91. The molecule has 3 aromatic rings. The molecule has 0 atom stereocenters. The zero-order valence-electron chi connectivity index (χ0n) is 19.6. The molecule has 0 spiro atoms. The molecule has 0 aliphatic carbocycles. The molecule has 1 N–H and O–H groups in total. The Hall–Kier alpha value is -4.00. The molecule has 0 unspecified atom stereocenters. The predicted molar refractivity (Wildman–Crippen MR) is 145 cm³/mol. The fraction of sp³-hybridized carbons (Fsp3) is 0.111. The lowest BCUT2D eigenvalue weighted by molar-refractivity contribution is -0.122. The van der Waals surface area contributed by atoms with Gasteiger partial charge in [-0.15, -0.1) is 0 Å². The first-order valence-corrected chi connectivity index (χ1v) is 12.8. The number of nitrogens with one attached hydrogen (secondary N) is 1. The number of amidine groups is 1. The number of thioether (sulfide) groups is 2. The lowest BCUT2D eigenvalue weighted by Crippen LogP contribution is -2.29. The summed E-state index contributed by atoms with van der Waals surface area (Å²) in [7, 11) is 1.96. The Morgan fingerprint density at radius 1 is 1.06 bits per heavy atom. The van der Waals surface area contributed by atoms with Crippen LogP contribution in [-0.2, 0) is 16.1 Å². The zero-order valence-corrected chi connectivity index (χ0v) is 21.2. The summed E-state index contributed by atoms with van der Waals surface area (Å²) in [5.74, 6) is -0.388. The van der Waals surface area contributed by atoms with Crippen molar-refractivity contribution in [1.82, 2.24) is 4.90 Å². The number of hydrogen-bond donors (Lipinski definition) is 1. The summed E-state index contributed by atoms with van der Waals surface area (Å²) in [5.41, 5.74) is 3.31. The van der Waals surface area contributed by atoms with Crippen molar-refractivity contribution in [2.75, 3.05) is 17.3 Å². The maximum absolute atomic E-state index is 13.7. The molecule has 0 aromatic heterocycles. The molecule has 5 rings (SSSR count). The van der Waals surface area contributed by atoms with Gasteiger partial charge in [0.2, 0.25) is 5.91 Å². The second-order valence-electron chi connectivity index (χ2n) is 8.16. The van der Waals surface area contributed by atoms with Crippen molar-refractivity contribution in [1.29, 1.82) is 5.26 Å². The van der Waals surface area contributed by atoms with Crippen LogP contribution in [0.1, 0.15) is 18.1 Å². The minimum Gasteiger partial charge on any atom is -0.337 e. The number of rotatable bonds is 4. The summed E-state index contributed by atoms with van der Waals surface area (Å²) in [6.45, 7) is 1.76. The van der Waals surface area contributed by atoms with Gasteiger partial charge in [0, 0.05) is 18.9 Å². The number of aliphatic imine (C=N–C) groups is 1. The van der Waals surface area contributed by atoms with Gasteiger partial charge in [-0.1, -0.05) is 54.2 Å². The molecule has 0 saturated carbocycles. The van der Waals surface area contributed by atoms with Crippen LogP contribution in [0.5, 0.6) is 0 Å². The number of carbonyl (C=O) groups excluding carboxylic acids is 2. The lowest BCUT2D eigenvalue weighted by atomic mass is 10.1. The van der Waals surface area contributed by atoms with Gasteiger partial charge in [-0.25, -0.2) is 4.99 Å². The van der Waals surface area contributed by atoms with E-state index in [0.29, 0.717) is 33.6 Å². The summed E-state index contributed by atoms with van der Waals surface area (Å²) in [6, 6.07) is 24.9. The van der Waals surface area contributed by atoms with Gasteiger partial charge >= 0.3 is 0 Å². The van der Waals surface area contributed by atoms with E-state index in [-0.39, 0.29) is 11.8 Å². The Kier molecular flexibility index (Phi) is 6.55. The van der Waals surface area contributed by atoms with E-state index >= 15 is 0 Å². The van der Waals surface area contributed by atoms with E-state index in [9.17, 15) is 14.9 Å². The van der Waals surface area contributed by atoms with Crippen LogP contribution in [-0.4, -0.2) is 28.9 Å². The summed E-state index contributed by atoms with van der Waals surface area (Å²) in [6.07, 6.45) is 0. The molecule has 2 amide bonds. The normalized spacial score (nSPS) is 17.9. The summed E-state index contributed by atoms with van der Waals surface area (Å²) in [4.78, 5) is 35.6. The molecule has 178 valence electrons. The number of nitrogens with zero attached hydrogens (tertiary/aromatic N) is 4. The topological polar surface area (TPSA) is 88.8 Å². The highest BCUT2D eigenvalue weighted by molar-refractivity contribution is 8.19. The van der Waals surface area contributed by atoms with Gasteiger partial charge in [-0.2, -0.15) is 5.26 Å². The second kappa shape index (κ2) is 9.93. The molecule has 2 aliphatic rings. The molecule has 9 heteroatoms. The van der Waals surface area contributed by atoms with E-state index in [0.717, 1.165) is 21.2 Å². The molecule has 7 nitrogen and oxygen atoms in total. The van der Waals surface area contributed by atoms with Crippen molar-refractivity contribution in [2.24, 2.45) is 4.99 Å². The predicted octanol–water partition coefficient (Wildman–Crippen LogP) is 5.69. The number of para-hydroxylation sites is 1. The van der Waals surface area contributed by atoms with Crippen LogP contribution >= 0.6 is 23.5 Å². The molecule has 2 heterocycles. The highest BCUT2D eigenvalue weighted by Crippen LogP contribution is 2.50. The molecule has 3 aromatic carbocycles. The average molecular weight is 512 g/mol. The second-order valence-corrected chi connectivity index (χ2v) is 10.2. The van der Waals surface area contributed by atoms with E-state index in [1.807, 2.05) is 66.5 Å². The van der Waals surface area contributed by atoms with Crippen LogP contribution in [0.2, 0.25) is 0 Å². The number of anilines is 2. The minimum atomic E-state index is -0.277. The van der Waals surface area contributed by atoms with Gasteiger partial charge in [-0.05, 0) is 47.7 Å². The Morgan fingerprint density at radius 2 is 1.81 bits per heavy atom. The van der Waals surface area contributed by atoms with Crippen molar-refractivity contribution in [2.45, 2.75) is 18.4 Å². The van der Waals surface area contributed by atoms with Crippen molar-refractivity contribution in [3.63, 3.8) is 0 Å². The van der Waals surface area contributed by atoms with E-state index in [1.54, 1.807) is 34.9 Å². The van der Waals surface area contributed by atoms with Gasteiger partial charge in [0.25, 0.3) is 5.91 Å². The van der Waals surface area contributed by atoms with Crippen LogP contribution in [0.4, 0.5) is 17.1 Å². The third kappa shape index (κ3) is 4.61. The van der Waals surface area contributed by atoms with Crippen LogP contribution < -0.4 is 10.2 Å². The van der Waals surface area contributed by atoms with E-state index in [4.69, 9.17) is 4.99 Å². The first-order chi connectivity index (χ1) is 17.4. The number of benzene rings is 3. The molecule has 36 heavy (non-hydrogen) atoms. The third-order valence-electron chi connectivity index (χ3n) is 5.64. The van der Waals surface area contributed by atoms with Crippen molar-refractivity contribution in [3.05, 3.63) is 93.9 Å². The maximum atomic E-state index is 13.7. The number of fused-ring (bicyclic) bond motifs is 1. The van der Waals surface area contributed by atoms with Gasteiger partial charge in [0.1, 0.15) is 11.0 Å². The largest absolute Gasteiger partial charge is 0.337 e. The zero-order chi connectivity index (χ0) is 25.2. The number of hydrogen-bond acceptors (Lipinski definition) is 7. The number of amides is 2. The Balaban J connectivity index is 1.56. The van der Waals surface area contributed by atoms with Gasteiger partial charge in [0.15, 0.2) is 5.17 Å². The van der Waals surface area contributed by atoms with Gasteiger partial charge in [0.05, 0.1) is 34.2 Å². The molecule has 0 bridgehead atoms. The highest BCUT2D eigenvalue weighted by atomic mass is 32.2. The summed E-state index contributed by atoms with van der Waals surface area (Å²) < 4.78 is 0. The maximum Gasteiger partial charge on any atom is 0.269 e. The fourth-order valence-electron chi connectivity index (χ4n) is 3.93. The molecular formula is C27H21N5O2S2. The smallest absolute Gasteiger partial charge is 0.269 e. The van der Waals surface area contributed by atoms with Crippen molar-refractivity contribution >= 4 is 57.6 Å². The first-order valence-electron chi connectivity index (χ1n) is 11.1. The first kappa shape index (κ1) is 23.7. The SMILES string of the molecule is CC(=O)Nc1cc(N=C2S/C(=C3\Sc4ccccc4N3C)C(=O)N2Cc2ccccc2)ccc1C#N. The van der Waals surface area contributed by atoms with E-state index in [2.05, 4.69) is 11.4 Å². The van der Waals surface area contributed by atoms with Gasteiger partial charge < -0.3 is 10.2 Å². The van der Waals surface area contributed by atoms with Crippen molar-refractivity contribution < 1.29 is 9.59 Å². The fourth-order valence-corrected chi connectivity index (χ4v) is 6.27. The molecular weight excluding hydrogens is 490 g/mol.